The molecule has 1 aromatic heterocycles. The van der Waals surface area contributed by atoms with Gasteiger partial charge in [-0.2, -0.15) is 5.10 Å². The lowest BCUT2D eigenvalue weighted by molar-refractivity contribution is -0.118. The zero-order chi connectivity index (χ0) is 12.3. The number of carbonyl (C=O) groups is 1. The first-order valence-corrected chi connectivity index (χ1v) is 6.36. The van der Waals surface area contributed by atoms with Gasteiger partial charge < -0.3 is 0 Å². The van der Waals surface area contributed by atoms with Gasteiger partial charge in [0.2, 0.25) is 0 Å². The van der Waals surface area contributed by atoms with Crippen molar-refractivity contribution in [2.24, 2.45) is 7.05 Å². The summed E-state index contributed by atoms with van der Waals surface area (Å²) in [4.78, 5) is 13.6. The number of aryl methyl sites for hydroxylation is 1. The van der Waals surface area contributed by atoms with Crippen LogP contribution in [0.1, 0.15) is 31.7 Å². The number of hydrogen-bond acceptors (Lipinski definition) is 3. The third-order valence-electron chi connectivity index (χ3n) is 3.47. The molecule has 1 aromatic rings. The molecular weight excluding hydrogens is 214 g/mol. The fourth-order valence-corrected chi connectivity index (χ4v) is 2.63. The van der Waals surface area contributed by atoms with Crippen molar-refractivity contribution < 1.29 is 4.79 Å². The van der Waals surface area contributed by atoms with Gasteiger partial charge in [-0.1, -0.05) is 0 Å². The van der Waals surface area contributed by atoms with E-state index in [2.05, 4.69) is 16.2 Å². The molecule has 2 rings (SSSR count). The fraction of sp³-hybridized carbons (Fsp3) is 0.692. The Labute approximate surface area is 103 Å². The summed E-state index contributed by atoms with van der Waals surface area (Å²) in [6.07, 6.45) is 8.14. The van der Waals surface area contributed by atoms with Crippen molar-refractivity contribution >= 4 is 5.78 Å². The zero-order valence-corrected chi connectivity index (χ0v) is 10.7. The van der Waals surface area contributed by atoms with Crippen LogP contribution >= 0.6 is 0 Å². The normalized spacial score (nSPS) is 20.9. The second-order valence-electron chi connectivity index (χ2n) is 5.01. The van der Waals surface area contributed by atoms with Gasteiger partial charge in [0, 0.05) is 32.3 Å². The van der Waals surface area contributed by atoms with Gasteiger partial charge in [0.25, 0.3) is 0 Å². The van der Waals surface area contributed by atoms with Crippen molar-refractivity contribution in [3.8, 4) is 0 Å². The quantitative estimate of drug-likeness (QED) is 0.774. The van der Waals surface area contributed by atoms with E-state index in [1.54, 1.807) is 6.92 Å². The van der Waals surface area contributed by atoms with E-state index in [1.165, 1.54) is 18.4 Å². The predicted octanol–water partition coefficient (Wildman–Crippen LogP) is 1.41. The Morgan fingerprint density at radius 3 is 3.06 bits per heavy atom. The Kier molecular flexibility index (Phi) is 3.94. The highest BCUT2D eigenvalue weighted by Crippen LogP contribution is 2.20. The number of hydrogen-bond donors (Lipinski definition) is 0. The summed E-state index contributed by atoms with van der Waals surface area (Å²) in [5, 5.41) is 4.17. The van der Waals surface area contributed by atoms with Crippen LogP contribution in [-0.2, 0) is 18.3 Å². The molecule has 1 aliphatic heterocycles. The number of likely N-dealkylation sites (tertiary alicyclic amines) is 1. The summed E-state index contributed by atoms with van der Waals surface area (Å²) in [6, 6.07) is 0.476. The molecule has 17 heavy (non-hydrogen) atoms. The van der Waals surface area contributed by atoms with Crippen molar-refractivity contribution in [3.05, 3.63) is 18.0 Å². The summed E-state index contributed by atoms with van der Waals surface area (Å²) in [5.74, 6) is 0.309. The van der Waals surface area contributed by atoms with Crippen molar-refractivity contribution in [1.82, 2.24) is 14.7 Å². The zero-order valence-electron chi connectivity index (χ0n) is 10.7. The van der Waals surface area contributed by atoms with Crippen LogP contribution in [0.5, 0.6) is 0 Å². The molecule has 0 aliphatic carbocycles. The SMILES string of the molecule is CC(=O)CC1CCCN1CCc1cnn(C)c1. The van der Waals surface area contributed by atoms with Gasteiger partial charge in [0.1, 0.15) is 5.78 Å². The molecule has 1 fully saturated rings. The summed E-state index contributed by atoms with van der Waals surface area (Å²) in [5.41, 5.74) is 1.28. The molecule has 4 heteroatoms. The minimum absolute atomic E-state index is 0.309. The fourth-order valence-electron chi connectivity index (χ4n) is 2.63. The van der Waals surface area contributed by atoms with E-state index in [4.69, 9.17) is 0 Å². The molecule has 1 saturated heterocycles. The molecule has 0 N–H and O–H groups in total. The largest absolute Gasteiger partial charge is 0.300 e. The number of aromatic nitrogens is 2. The van der Waals surface area contributed by atoms with Crippen LogP contribution in [0.3, 0.4) is 0 Å². The van der Waals surface area contributed by atoms with Crippen molar-refractivity contribution in [1.29, 1.82) is 0 Å². The monoisotopic (exact) mass is 235 g/mol. The highest BCUT2D eigenvalue weighted by atomic mass is 16.1. The van der Waals surface area contributed by atoms with E-state index >= 15 is 0 Å². The minimum Gasteiger partial charge on any atom is -0.300 e. The van der Waals surface area contributed by atoms with E-state index in [9.17, 15) is 4.79 Å². The lowest BCUT2D eigenvalue weighted by Crippen LogP contribution is -2.32. The molecule has 1 atom stereocenters. The van der Waals surface area contributed by atoms with E-state index in [0.717, 1.165) is 19.5 Å². The molecule has 0 spiro atoms. The van der Waals surface area contributed by atoms with Gasteiger partial charge in [-0.25, -0.2) is 0 Å². The van der Waals surface area contributed by atoms with Gasteiger partial charge >= 0.3 is 0 Å². The summed E-state index contributed by atoms with van der Waals surface area (Å²) < 4.78 is 1.84. The standard InChI is InChI=1S/C13H21N3O/c1-11(17)8-13-4-3-6-16(13)7-5-12-9-14-15(2)10-12/h9-10,13H,3-8H2,1-2H3. The topological polar surface area (TPSA) is 38.1 Å². The maximum atomic E-state index is 11.2. The number of rotatable bonds is 5. The smallest absolute Gasteiger partial charge is 0.131 e. The third-order valence-corrected chi connectivity index (χ3v) is 3.47. The summed E-state index contributed by atoms with van der Waals surface area (Å²) >= 11 is 0. The van der Waals surface area contributed by atoms with Crippen LogP contribution in [-0.4, -0.2) is 39.6 Å². The Hall–Kier alpha value is -1.16. The summed E-state index contributed by atoms with van der Waals surface area (Å²) in [6.45, 7) is 3.87. The number of ketones is 1. The molecule has 0 amide bonds. The molecule has 1 unspecified atom stereocenters. The second-order valence-corrected chi connectivity index (χ2v) is 5.01. The van der Waals surface area contributed by atoms with Gasteiger partial charge in [-0.05, 0) is 38.3 Å². The molecule has 0 bridgehead atoms. The molecule has 94 valence electrons. The van der Waals surface area contributed by atoms with Gasteiger partial charge in [-0.15, -0.1) is 0 Å². The second kappa shape index (κ2) is 5.45. The Bertz CT molecular complexity index is 386. The molecular formula is C13H21N3O. The lowest BCUT2D eigenvalue weighted by atomic mass is 10.1. The van der Waals surface area contributed by atoms with Gasteiger partial charge in [0.15, 0.2) is 0 Å². The van der Waals surface area contributed by atoms with Crippen molar-refractivity contribution in [2.75, 3.05) is 13.1 Å². The number of Topliss-reactive ketones (excluding diaryl/α,β-unsaturated/α-hetero) is 1. The Morgan fingerprint density at radius 2 is 2.41 bits per heavy atom. The van der Waals surface area contributed by atoms with E-state index in [1.807, 2.05) is 17.9 Å². The molecule has 4 nitrogen and oxygen atoms in total. The lowest BCUT2D eigenvalue weighted by Gasteiger charge is -2.23. The van der Waals surface area contributed by atoms with Crippen LogP contribution in [0.4, 0.5) is 0 Å². The average Bonchev–Trinajstić information content (AvgIpc) is 2.84. The van der Waals surface area contributed by atoms with E-state index in [0.29, 0.717) is 18.2 Å². The first-order chi connectivity index (χ1) is 8.15. The third kappa shape index (κ3) is 3.40. The van der Waals surface area contributed by atoms with Crippen molar-refractivity contribution in [2.45, 2.75) is 38.6 Å². The van der Waals surface area contributed by atoms with Gasteiger partial charge in [0.05, 0.1) is 6.20 Å². The molecule has 0 saturated carbocycles. The first-order valence-electron chi connectivity index (χ1n) is 6.36. The van der Waals surface area contributed by atoms with Crippen LogP contribution in [0.2, 0.25) is 0 Å². The van der Waals surface area contributed by atoms with Gasteiger partial charge in [-0.3, -0.25) is 14.4 Å². The molecule has 1 aliphatic rings. The molecule has 2 heterocycles. The van der Waals surface area contributed by atoms with Crippen molar-refractivity contribution in [3.63, 3.8) is 0 Å². The maximum absolute atomic E-state index is 11.2. The predicted molar refractivity (Wildman–Crippen MR) is 66.8 cm³/mol. The Balaban J connectivity index is 1.83. The molecule has 0 radical (unpaired) electrons. The maximum Gasteiger partial charge on any atom is 0.131 e. The van der Waals surface area contributed by atoms with E-state index in [-0.39, 0.29) is 0 Å². The van der Waals surface area contributed by atoms with Crippen LogP contribution in [0.15, 0.2) is 12.4 Å². The number of carbonyl (C=O) groups excluding carboxylic acids is 1. The average molecular weight is 235 g/mol. The number of nitrogens with zero attached hydrogens (tertiary/aromatic N) is 3. The minimum atomic E-state index is 0.309. The Morgan fingerprint density at radius 1 is 1.59 bits per heavy atom. The highest BCUT2D eigenvalue weighted by Gasteiger charge is 2.24. The first kappa shape index (κ1) is 12.3. The van der Waals surface area contributed by atoms with E-state index < -0.39 is 0 Å². The van der Waals surface area contributed by atoms with Crippen LogP contribution < -0.4 is 0 Å². The molecule has 0 aromatic carbocycles. The van der Waals surface area contributed by atoms with Crippen LogP contribution in [0, 0.1) is 0 Å². The highest BCUT2D eigenvalue weighted by molar-refractivity contribution is 5.76. The summed E-state index contributed by atoms with van der Waals surface area (Å²) in [7, 11) is 1.94. The van der Waals surface area contributed by atoms with Crippen LogP contribution in [0.25, 0.3) is 0 Å².